The molecule has 0 bridgehead atoms. The first kappa shape index (κ1) is 23.3. The molecule has 36 heavy (non-hydrogen) atoms. The second kappa shape index (κ2) is 9.39. The number of hydrogen-bond acceptors (Lipinski definition) is 7. The minimum Gasteiger partial charge on any atom is -0.466 e. The predicted octanol–water partition coefficient (Wildman–Crippen LogP) is 2.95. The van der Waals surface area contributed by atoms with E-state index in [1.165, 1.54) is 23.6 Å². The summed E-state index contributed by atoms with van der Waals surface area (Å²) >= 11 is 0. The van der Waals surface area contributed by atoms with Crippen LogP contribution in [-0.4, -0.2) is 78.1 Å². The van der Waals surface area contributed by atoms with Crippen molar-refractivity contribution in [1.29, 1.82) is 0 Å². The summed E-state index contributed by atoms with van der Waals surface area (Å²) < 4.78 is 13.0. The smallest absolute Gasteiger partial charge is 0.321 e. The molecule has 2 atom stereocenters. The predicted molar refractivity (Wildman–Crippen MR) is 138 cm³/mol. The van der Waals surface area contributed by atoms with Crippen LogP contribution in [0, 0.1) is 0 Å². The standard InChI is InChI=1S/C28H35N5O3/c1-3-24(34)32-15-17-33(18-16-32)25-22-11-13-28(12-10-20-7-4-5-9-23(20)28)36-26(22)30-27(29-25)35-19-21-8-6-14-31(21)2/h3-5,7,9,21H,1,6,8,10-19H2,2H3/t21-,28?/m0/s1. The molecule has 4 heterocycles. The van der Waals surface area contributed by atoms with Crippen LogP contribution in [0.2, 0.25) is 0 Å². The van der Waals surface area contributed by atoms with Crippen LogP contribution in [0.15, 0.2) is 36.9 Å². The highest BCUT2D eigenvalue weighted by Gasteiger charge is 2.45. The first-order chi connectivity index (χ1) is 17.6. The van der Waals surface area contributed by atoms with Crippen LogP contribution in [0.5, 0.6) is 11.9 Å². The first-order valence-corrected chi connectivity index (χ1v) is 13.2. The average Bonchev–Trinajstić information content (AvgIpc) is 3.49. The molecular weight excluding hydrogens is 454 g/mol. The van der Waals surface area contributed by atoms with E-state index in [2.05, 4.69) is 47.7 Å². The summed E-state index contributed by atoms with van der Waals surface area (Å²) in [4.78, 5) is 28.3. The van der Waals surface area contributed by atoms with Crippen LogP contribution in [0.1, 0.15) is 42.4 Å². The van der Waals surface area contributed by atoms with E-state index >= 15 is 0 Å². The van der Waals surface area contributed by atoms with Crippen LogP contribution < -0.4 is 14.4 Å². The largest absolute Gasteiger partial charge is 0.466 e. The van der Waals surface area contributed by atoms with E-state index in [1.807, 2.05) is 4.90 Å². The van der Waals surface area contributed by atoms with E-state index in [0.29, 0.717) is 50.7 Å². The highest BCUT2D eigenvalue weighted by atomic mass is 16.5. The Hall–Kier alpha value is -3.13. The maximum atomic E-state index is 12.1. The van der Waals surface area contributed by atoms with Gasteiger partial charge in [-0.2, -0.15) is 9.97 Å². The molecule has 1 unspecified atom stereocenters. The second-order valence-electron chi connectivity index (χ2n) is 10.5. The van der Waals surface area contributed by atoms with Gasteiger partial charge in [-0.15, -0.1) is 0 Å². The minimum absolute atomic E-state index is 0.0192. The Balaban J connectivity index is 1.30. The molecular formula is C28H35N5O3. The third kappa shape index (κ3) is 4.11. The molecule has 1 spiro atoms. The van der Waals surface area contributed by atoms with Gasteiger partial charge in [-0.05, 0) is 69.3 Å². The molecule has 6 rings (SSSR count). The van der Waals surface area contributed by atoms with E-state index in [-0.39, 0.29) is 11.5 Å². The molecule has 2 saturated heterocycles. The summed E-state index contributed by atoms with van der Waals surface area (Å²) in [6.07, 6.45) is 7.48. The summed E-state index contributed by atoms with van der Waals surface area (Å²) in [6.45, 7) is 8.01. The number of benzene rings is 1. The number of hydrogen-bond donors (Lipinski definition) is 0. The highest BCUT2D eigenvalue weighted by molar-refractivity contribution is 5.87. The number of likely N-dealkylation sites (tertiary alicyclic amines) is 1. The Morgan fingerprint density at radius 1 is 1.17 bits per heavy atom. The summed E-state index contributed by atoms with van der Waals surface area (Å²) in [6, 6.07) is 9.40. The monoisotopic (exact) mass is 489 g/mol. The fraction of sp³-hybridized carbons (Fsp3) is 0.536. The molecule has 3 aliphatic heterocycles. The average molecular weight is 490 g/mol. The topological polar surface area (TPSA) is 71.0 Å². The number of piperazine rings is 1. The maximum Gasteiger partial charge on any atom is 0.321 e. The van der Waals surface area contributed by atoms with Crippen LogP contribution in [0.3, 0.4) is 0 Å². The summed E-state index contributed by atoms with van der Waals surface area (Å²) in [5.41, 5.74) is 3.40. The van der Waals surface area contributed by atoms with E-state index < -0.39 is 0 Å². The molecule has 1 amide bonds. The number of anilines is 1. The zero-order chi connectivity index (χ0) is 24.7. The van der Waals surface area contributed by atoms with Crippen molar-refractivity contribution in [3.8, 4) is 11.9 Å². The van der Waals surface area contributed by atoms with Crippen molar-refractivity contribution >= 4 is 11.7 Å². The molecule has 1 aliphatic carbocycles. The quantitative estimate of drug-likeness (QED) is 0.598. The van der Waals surface area contributed by atoms with Crippen molar-refractivity contribution in [1.82, 2.24) is 19.8 Å². The summed E-state index contributed by atoms with van der Waals surface area (Å²) in [5.74, 6) is 1.53. The van der Waals surface area contributed by atoms with Crippen LogP contribution in [0.25, 0.3) is 0 Å². The lowest BCUT2D eigenvalue weighted by molar-refractivity contribution is -0.126. The maximum absolute atomic E-state index is 12.1. The first-order valence-electron chi connectivity index (χ1n) is 13.2. The SMILES string of the molecule is C=CC(=O)N1CCN(c2nc(OC[C@@H]3CCCN3C)nc3c2CCC2(CCc4ccccc42)O3)CC1. The van der Waals surface area contributed by atoms with E-state index in [9.17, 15) is 4.79 Å². The molecule has 4 aliphatic rings. The van der Waals surface area contributed by atoms with Gasteiger partial charge in [0.25, 0.3) is 0 Å². The molecule has 190 valence electrons. The zero-order valence-electron chi connectivity index (χ0n) is 21.1. The van der Waals surface area contributed by atoms with Crippen LogP contribution in [0.4, 0.5) is 5.82 Å². The van der Waals surface area contributed by atoms with Gasteiger partial charge in [0.2, 0.25) is 11.8 Å². The Morgan fingerprint density at radius 3 is 2.75 bits per heavy atom. The Morgan fingerprint density at radius 2 is 1.97 bits per heavy atom. The van der Waals surface area contributed by atoms with E-state index in [0.717, 1.165) is 50.0 Å². The summed E-state index contributed by atoms with van der Waals surface area (Å²) in [5, 5.41) is 0. The third-order valence-electron chi connectivity index (χ3n) is 8.45. The Labute approximate surface area is 212 Å². The number of carbonyl (C=O) groups excluding carboxylic acids is 1. The van der Waals surface area contributed by atoms with Gasteiger partial charge in [0, 0.05) is 32.2 Å². The van der Waals surface area contributed by atoms with Crippen molar-refractivity contribution in [3.05, 3.63) is 53.6 Å². The molecule has 2 aromatic rings. The highest BCUT2D eigenvalue weighted by Crippen LogP contribution is 2.49. The number of fused-ring (bicyclic) bond motifs is 3. The molecule has 1 aromatic carbocycles. The van der Waals surface area contributed by atoms with Gasteiger partial charge in [-0.1, -0.05) is 30.8 Å². The van der Waals surface area contributed by atoms with Gasteiger partial charge in [-0.25, -0.2) is 0 Å². The normalized spacial score (nSPS) is 25.4. The van der Waals surface area contributed by atoms with Gasteiger partial charge < -0.3 is 24.2 Å². The number of likely N-dealkylation sites (N-methyl/N-ethyl adjacent to an activating group) is 1. The second-order valence-corrected chi connectivity index (χ2v) is 10.5. The van der Waals surface area contributed by atoms with E-state index in [4.69, 9.17) is 19.4 Å². The van der Waals surface area contributed by atoms with Gasteiger partial charge in [-0.3, -0.25) is 4.79 Å². The number of aromatic nitrogens is 2. The molecule has 8 nitrogen and oxygen atoms in total. The fourth-order valence-electron chi connectivity index (χ4n) is 6.27. The van der Waals surface area contributed by atoms with Gasteiger partial charge in [0.15, 0.2) is 0 Å². The molecule has 0 N–H and O–H groups in total. The molecule has 0 saturated carbocycles. The van der Waals surface area contributed by atoms with Crippen molar-refractivity contribution in [3.63, 3.8) is 0 Å². The lowest BCUT2D eigenvalue weighted by atomic mass is 9.87. The lowest BCUT2D eigenvalue weighted by Crippen LogP contribution is -2.49. The Kier molecular flexibility index (Phi) is 6.07. The van der Waals surface area contributed by atoms with E-state index in [1.54, 1.807) is 0 Å². The molecule has 2 fully saturated rings. The molecule has 0 radical (unpaired) electrons. The lowest BCUT2D eigenvalue weighted by Gasteiger charge is -2.39. The van der Waals surface area contributed by atoms with Crippen LogP contribution in [-0.2, 0) is 23.2 Å². The number of aryl methyl sites for hydroxylation is 1. The van der Waals surface area contributed by atoms with Gasteiger partial charge >= 0.3 is 6.01 Å². The molecule has 1 aromatic heterocycles. The minimum atomic E-state index is -0.326. The number of rotatable bonds is 5. The number of carbonyl (C=O) groups is 1. The van der Waals surface area contributed by atoms with Crippen molar-refractivity contribution in [2.75, 3.05) is 51.3 Å². The van der Waals surface area contributed by atoms with Crippen LogP contribution >= 0.6 is 0 Å². The van der Waals surface area contributed by atoms with Gasteiger partial charge in [0.05, 0.1) is 5.56 Å². The van der Waals surface area contributed by atoms with Crippen molar-refractivity contribution in [2.24, 2.45) is 0 Å². The number of amides is 1. The van der Waals surface area contributed by atoms with Crippen molar-refractivity contribution in [2.45, 2.75) is 50.2 Å². The Bertz CT molecular complexity index is 1160. The fourth-order valence-corrected chi connectivity index (χ4v) is 6.27. The number of nitrogens with zero attached hydrogens (tertiary/aromatic N) is 5. The van der Waals surface area contributed by atoms with Gasteiger partial charge in [0.1, 0.15) is 18.0 Å². The van der Waals surface area contributed by atoms with Crippen molar-refractivity contribution < 1.29 is 14.3 Å². The number of ether oxygens (including phenoxy) is 2. The summed E-state index contributed by atoms with van der Waals surface area (Å²) in [7, 11) is 2.15. The third-order valence-corrected chi connectivity index (χ3v) is 8.45. The zero-order valence-corrected chi connectivity index (χ0v) is 21.1. The molecule has 8 heteroatoms.